The molecule has 0 fully saturated rings. The third-order valence-corrected chi connectivity index (χ3v) is 4.27. The number of carboxylic acid groups (broad SMARTS) is 2. The quantitative estimate of drug-likeness (QED) is 0.147. The van der Waals surface area contributed by atoms with Gasteiger partial charge in [0.2, 0.25) is 0 Å². The predicted molar refractivity (Wildman–Crippen MR) is 91.2 cm³/mol. The SMILES string of the molecule is CCCC/C=C/CC[N+](CCO)(CCCC(=O)[O-])CCCC(=O)O.[Na+]. The van der Waals surface area contributed by atoms with Gasteiger partial charge in [-0.3, -0.25) is 4.79 Å². The van der Waals surface area contributed by atoms with Gasteiger partial charge in [0, 0.05) is 25.2 Å². The van der Waals surface area contributed by atoms with E-state index >= 15 is 0 Å². The van der Waals surface area contributed by atoms with Crippen LogP contribution in [-0.2, 0) is 9.59 Å². The Morgan fingerprint density at radius 2 is 1.56 bits per heavy atom. The summed E-state index contributed by atoms with van der Waals surface area (Å²) in [6.45, 7) is 4.74. The molecule has 0 radical (unpaired) electrons. The zero-order chi connectivity index (χ0) is 18.3. The number of rotatable bonds is 16. The smallest absolute Gasteiger partial charge is 0.550 e. The number of hydrogen-bond donors (Lipinski definition) is 2. The van der Waals surface area contributed by atoms with Gasteiger partial charge in [0.15, 0.2) is 0 Å². The Labute approximate surface area is 173 Å². The van der Waals surface area contributed by atoms with Crippen molar-refractivity contribution in [1.29, 1.82) is 0 Å². The summed E-state index contributed by atoms with van der Waals surface area (Å²) in [5, 5.41) is 28.9. The molecule has 0 saturated heterocycles. The molecule has 0 heterocycles. The van der Waals surface area contributed by atoms with Crippen molar-refractivity contribution in [3.05, 3.63) is 12.2 Å². The molecule has 6 nitrogen and oxygen atoms in total. The van der Waals surface area contributed by atoms with Crippen molar-refractivity contribution >= 4 is 11.9 Å². The van der Waals surface area contributed by atoms with E-state index in [-0.39, 0.29) is 49.0 Å². The summed E-state index contributed by atoms with van der Waals surface area (Å²) in [7, 11) is 0. The maximum Gasteiger partial charge on any atom is 1.00 e. The zero-order valence-electron chi connectivity index (χ0n) is 15.9. The number of quaternary nitrogens is 1. The first-order valence-electron chi connectivity index (χ1n) is 8.98. The second-order valence-corrected chi connectivity index (χ2v) is 6.33. The van der Waals surface area contributed by atoms with E-state index in [4.69, 9.17) is 5.11 Å². The number of aliphatic carboxylic acids is 2. The first kappa shape index (κ1) is 26.8. The first-order valence-corrected chi connectivity index (χ1v) is 8.98. The fraction of sp³-hybridized carbons (Fsp3) is 0.778. The normalized spacial score (nSPS) is 13.4. The number of carboxylic acids is 2. The van der Waals surface area contributed by atoms with E-state index in [0.29, 0.717) is 37.0 Å². The summed E-state index contributed by atoms with van der Waals surface area (Å²) in [5.41, 5.74) is 0. The topological polar surface area (TPSA) is 97.7 Å². The van der Waals surface area contributed by atoms with Gasteiger partial charge in [0.1, 0.15) is 6.54 Å². The van der Waals surface area contributed by atoms with E-state index in [1.54, 1.807) is 0 Å². The molecule has 0 amide bonds. The molecular weight excluding hydrogens is 333 g/mol. The summed E-state index contributed by atoms with van der Waals surface area (Å²) in [4.78, 5) is 21.4. The van der Waals surface area contributed by atoms with Gasteiger partial charge < -0.3 is 24.6 Å². The summed E-state index contributed by atoms with van der Waals surface area (Å²) < 4.78 is 0.565. The van der Waals surface area contributed by atoms with Gasteiger partial charge in [-0.1, -0.05) is 31.9 Å². The number of carbonyl (C=O) groups excluding carboxylic acids is 1. The Bertz CT molecular complexity index is 368. The minimum absolute atomic E-state index is 0. The molecule has 2 N–H and O–H groups in total. The molecule has 25 heavy (non-hydrogen) atoms. The number of hydrogen-bond acceptors (Lipinski definition) is 4. The first-order chi connectivity index (χ1) is 11.5. The van der Waals surface area contributed by atoms with Crippen molar-refractivity contribution in [2.45, 2.75) is 58.3 Å². The average molecular weight is 366 g/mol. The maximum absolute atomic E-state index is 10.8. The fourth-order valence-electron chi connectivity index (χ4n) is 2.91. The molecule has 140 valence electrons. The standard InChI is InChI=1S/C18H33NO5.Na/c1-2-3-4-5-6-7-12-19(15-16-20,13-8-10-17(21)22)14-9-11-18(23)24;/h5-6,20H,2-4,7-16H2,1H3,(H-,21,22,23,24);/q;+1/b6-5+;. The minimum atomic E-state index is -1.07. The van der Waals surface area contributed by atoms with Crippen LogP contribution in [-0.4, -0.2) is 59.4 Å². The number of aliphatic hydroxyl groups is 1. The van der Waals surface area contributed by atoms with Crippen LogP contribution in [0.25, 0.3) is 0 Å². The molecule has 7 heteroatoms. The number of unbranched alkanes of at least 4 members (excludes halogenated alkanes) is 2. The van der Waals surface area contributed by atoms with E-state index in [9.17, 15) is 19.8 Å². The fourth-order valence-corrected chi connectivity index (χ4v) is 2.91. The number of carbonyl (C=O) groups is 2. The molecule has 1 unspecified atom stereocenters. The van der Waals surface area contributed by atoms with Crippen molar-refractivity contribution in [2.24, 2.45) is 0 Å². The monoisotopic (exact) mass is 366 g/mol. The van der Waals surface area contributed by atoms with E-state index in [0.717, 1.165) is 32.2 Å². The molecule has 1 atom stereocenters. The van der Waals surface area contributed by atoms with Crippen LogP contribution < -0.4 is 34.7 Å². The van der Waals surface area contributed by atoms with Gasteiger partial charge in [-0.05, 0) is 12.8 Å². The average Bonchev–Trinajstić information content (AvgIpc) is 2.50. The van der Waals surface area contributed by atoms with Gasteiger partial charge >= 0.3 is 35.5 Å². The Kier molecular flexibility index (Phi) is 18.3. The van der Waals surface area contributed by atoms with Crippen molar-refractivity contribution < 1.29 is 58.9 Å². The predicted octanol–water partition coefficient (Wildman–Crippen LogP) is -1.67. The molecule has 0 aromatic heterocycles. The van der Waals surface area contributed by atoms with Gasteiger partial charge in [0.25, 0.3) is 0 Å². The molecule has 0 aromatic carbocycles. The van der Waals surface area contributed by atoms with Crippen LogP contribution in [0.15, 0.2) is 12.2 Å². The largest absolute Gasteiger partial charge is 1.00 e. The van der Waals surface area contributed by atoms with Crippen LogP contribution in [0.4, 0.5) is 0 Å². The molecule has 0 saturated carbocycles. The second-order valence-electron chi connectivity index (χ2n) is 6.33. The van der Waals surface area contributed by atoms with E-state index in [1.807, 2.05) is 0 Å². The molecule has 0 aliphatic heterocycles. The van der Waals surface area contributed by atoms with Crippen LogP contribution in [0, 0.1) is 0 Å². The van der Waals surface area contributed by atoms with Crippen LogP contribution in [0.2, 0.25) is 0 Å². The van der Waals surface area contributed by atoms with Crippen molar-refractivity contribution in [2.75, 3.05) is 32.8 Å². The third-order valence-electron chi connectivity index (χ3n) is 4.27. The third kappa shape index (κ3) is 15.6. The molecule has 0 rings (SSSR count). The van der Waals surface area contributed by atoms with Crippen molar-refractivity contribution in [3.63, 3.8) is 0 Å². The zero-order valence-corrected chi connectivity index (χ0v) is 17.9. The summed E-state index contributed by atoms with van der Waals surface area (Å²) in [5.74, 6) is -1.90. The number of aliphatic hydroxyl groups excluding tert-OH is 1. The molecule has 0 aromatic rings. The molecule has 0 spiro atoms. The summed E-state index contributed by atoms with van der Waals surface area (Å²) in [6.07, 6.45) is 9.63. The number of allylic oxidation sites excluding steroid dienone is 1. The number of nitrogens with zero attached hydrogens (tertiary/aromatic N) is 1. The van der Waals surface area contributed by atoms with Gasteiger partial charge in [-0.15, -0.1) is 0 Å². The minimum Gasteiger partial charge on any atom is -0.550 e. The van der Waals surface area contributed by atoms with E-state index in [2.05, 4.69) is 19.1 Å². The van der Waals surface area contributed by atoms with Crippen LogP contribution in [0.3, 0.4) is 0 Å². The van der Waals surface area contributed by atoms with Gasteiger partial charge in [-0.2, -0.15) is 0 Å². The van der Waals surface area contributed by atoms with Gasteiger partial charge in [0.05, 0.1) is 32.7 Å². The van der Waals surface area contributed by atoms with Crippen molar-refractivity contribution in [1.82, 2.24) is 0 Å². The summed E-state index contributed by atoms with van der Waals surface area (Å²) >= 11 is 0. The Hall–Kier alpha value is -0.400. The van der Waals surface area contributed by atoms with E-state index in [1.165, 1.54) is 0 Å². The second kappa shape index (κ2) is 17.0. The van der Waals surface area contributed by atoms with Crippen LogP contribution in [0.1, 0.15) is 58.3 Å². The van der Waals surface area contributed by atoms with Crippen molar-refractivity contribution in [3.8, 4) is 0 Å². The molecular formula is C18H33NNaO5+. The Morgan fingerprint density at radius 3 is 2.08 bits per heavy atom. The Balaban J connectivity index is 0. The molecule has 0 aliphatic rings. The molecule has 0 aliphatic carbocycles. The summed E-state index contributed by atoms with van der Waals surface area (Å²) in [6, 6.07) is 0. The van der Waals surface area contributed by atoms with Gasteiger partial charge in [-0.25, -0.2) is 0 Å². The Morgan fingerprint density at radius 1 is 0.960 bits per heavy atom. The maximum atomic E-state index is 10.8. The van der Waals surface area contributed by atoms with Crippen LogP contribution in [0.5, 0.6) is 0 Å². The van der Waals surface area contributed by atoms with E-state index < -0.39 is 11.9 Å². The van der Waals surface area contributed by atoms with Crippen LogP contribution >= 0.6 is 0 Å². The molecule has 0 bridgehead atoms.